The van der Waals surface area contributed by atoms with E-state index in [9.17, 15) is 43.5 Å². The van der Waals surface area contributed by atoms with Crippen LogP contribution in [0.1, 0.15) is 127 Å². The predicted molar refractivity (Wildman–Crippen MR) is 378 cm³/mol. The van der Waals surface area contributed by atoms with Crippen LogP contribution in [0.2, 0.25) is 0 Å². The number of aliphatic hydroxyl groups is 1. The maximum Gasteiger partial charge on any atom is 0.354 e. The molecule has 0 saturated heterocycles. The Bertz CT molecular complexity index is 5090. The van der Waals surface area contributed by atoms with Gasteiger partial charge in [-0.15, -0.1) is 0 Å². The summed E-state index contributed by atoms with van der Waals surface area (Å²) in [6, 6.07) is 43.8. The molecule has 0 bridgehead atoms. The summed E-state index contributed by atoms with van der Waals surface area (Å²) in [7, 11) is 1.33. The average Bonchev–Trinajstić information content (AvgIpc) is 1.71. The molecule has 22 heteroatoms. The van der Waals surface area contributed by atoms with Crippen molar-refractivity contribution >= 4 is 134 Å². The number of aromatic carboxylic acids is 1. The number of carbonyl (C=O) groups is 8. The number of phenols is 1. The molecule has 22 nitrogen and oxygen atoms in total. The molecule has 10 heterocycles. The number of carboxylic acid groups (broad SMARTS) is 1. The van der Waals surface area contributed by atoms with Gasteiger partial charge in [-0.1, -0.05) is 72.8 Å². The normalized spacial score (nSPS) is 15.4. The Morgan fingerprint density at radius 3 is 1.12 bits per heavy atom. The fraction of sp³-hybridized carbons (Fsp3) is 0.105. The number of aromatic nitrogens is 5. The van der Waals surface area contributed by atoms with Gasteiger partial charge in [-0.05, 0) is 173 Å². The smallest absolute Gasteiger partial charge is 0.354 e. The summed E-state index contributed by atoms with van der Waals surface area (Å²) in [6.07, 6.45) is 9.63. The fourth-order valence-corrected chi connectivity index (χ4v) is 11.5. The Balaban J connectivity index is 0.000000124. The number of aliphatic hydroxyl groups excluding tert-OH is 1. The number of esters is 1. The minimum atomic E-state index is -1.02. The van der Waals surface area contributed by atoms with E-state index in [1.54, 1.807) is 61.5 Å². The Morgan fingerprint density at radius 1 is 0.408 bits per heavy atom. The minimum absolute atomic E-state index is 0.0349. The van der Waals surface area contributed by atoms with Crippen molar-refractivity contribution in [1.29, 1.82) is 0 Å². The van der Waals surface area contributed by atoms with Crippen LogP contribution in [0.4, 0.5) is 28.4 Å². The van der Waals surface area contributed by atoms with E-state index >= 15 is 0 Å². The molecule has 0 saturated carbocycles. The van der Waals surface area contributed by atoms with Crippen molar-refractivity contribution in [2.45, 2.75) is 48.1 Å². The number of hydrogen-bond donors (Lipinski definition) is 13. The van der Waals surface area contributed by atoms with Gasteiger partial charge in [-0.3, -0.25) is 28.8 Å². The van der Waals surface area contributed by atoms with Gasteiger partial charge in [0.05, 0.1) is 47.3 Å². The number of phenolic OH excluding ortho intramolecular Hbond substituents is 1. The van der Waals surface area contributed by atoms with Crippen LogP contribution < -0.4 is 26.6 Å². The highest BCUT2D eigenvalue weighted by molar-refractivity contribution is 6.38. The fourth-order valence-electron chi connectivity index (χ4n) is 11.5. The standard InChI is InChI=1S/C16H14N2O3.C15H12N2O3.2C15H14N2O2.C15H12N2O2/c1-9-7-14(16(20)21-2)17-13(9)8-11-10-5-3-4-6-12(10)18-15(11)19;1-8-6-13(15(19)20)16-12(8)7-10-9-4-2-3-5-11(9)17-14(10)18;1-8-5-9(2)16-14(8)7-12-11-6-10(18)3-4-13(11)17-15(12)19;2*1-9-6-10(8-18)16-14(9)7-12-11-4-2-3-5-13(11)17-15(12)19/h3-8,17H,1-2H3,(H,18,19);2-7,16H,1H3,(H,17,18)(H,19,20);3-7,16,18H,1-2H3,(H,17,19);2-7,16,18H,8H2,1H3,(H,17,19);2-8,16H,1H3,(H,17,19)/b11-8-;10-7-;3*12-7-. The number of methoxy groups -OCH3 is 1. The Hall–Kier alpha value is -13.1. The monoisotopic (exact) mass is 1310 g/mol. The second-order valence-corrected chi connectivity index (χ2v) is 23.4. The summed E-state index contributed by atoms with van der Waals surface area (Å²) in [5, 5.41) is 41.7. The molecule has 0 radical (unpaired) electrons. The lowest BCUT2D eigenvalue weighted by atomic mass is 10.0. The number of rotatable bonds is 9. The van der Waals surface area contributed by atoms with E-state index < -0.39 is 11.9 Å². The first kappa shape index (κ1) is 66.4. The van der Waals surface area contributed by atoms with Crippen molar-refractivity contribution in [3.63, 3.8) is 0 Å². The number of amides is 5. The van der Waals surface area contributed by atoms with Crippen molar-refractivity contribution in [2.75, 3.05) is 33.7 Å². The van der Waals surface area contributed by atoms with E-state index in [-0.39, 0.29) is 47.6 Å². The van der Waals surface area contributed by atoms with Crippen LogP contribution in [0, 0.1) is 41.5 Å². The molecule has 5 aliphatic heterocycles. The zero-order valence-electron chi connectivity index (χ0n) is 54.0. The van der Waals surface area contributed by atoms with E-state index in [0.717, 1.165) is 125 Å². The third-order valence-corrected chi connectivity index (χ3v) is 16.5. The third kappa shape index (κ3) is 14.2. The lowest BCUT2D eigenvalue weighted by Crippen LogP contribution is -2.04. The zero-order chi connectivity index (χ0) is 69.6. The first-order chi connectivity index (χ1) is 47.1. The van der Waals surface area contributed by atoms with Gasteiger partial charge in [-0.2, -0.15) is 0 Å². The molecule has 0 spiro atoms. The topological polar surface area (TPSA) is 346 Å². The molecule has 0 unspecified atom stereocenters. The summed E-state index contributed by atoms with van der Waals surface area (Å²) in [4.78, 5) is 108. The van der Waals surface area contributed by atoms with Crippen LogP contribution in [-0.2, 0) is 35.3 Å². The number of aldehydes is 1. The van der Waals surface area contributed by atoms with Crippen molar-refractivity contribution in [3.05, 3.63) is 258 Å². The Kier molecular flexibility index (Phi) is 19.1. The summed E-state index contributed by atoms with van der Waals surface area (Å²) in [5.41, 5.74) is 22.5. The zero-order valence-corrected chi connectivity index (χ0v) is 54.0. The molecule has 5 aromatic heterocycles. The predicted octanol–water partition coefficient (Wildman–Crippen LogP) is 12.9. The van der Waals surface area contributed by atoms with Crippen molar-refractivity contribution in [3.8, 4) is 5.75 Å². The number of ether oxygens (including phenoxy) is 1. The third-order valence-electron chi connectivity index (χ3n) is 16.5. The lowest BCUT2D eigenvalue weighted by Gasteiger charge is -1.99. The summed E-state index contributed by atoms with van der Waals surface area (Å²) in [6.45, 7) is 11.4. The maximum atomic E-state index is 12.1. The van der Waals surface area contributed by atoms with Crippen molar-refractivity contribution in [2.24, 2.45) is 0 Å². The van der Waals surface area contributed by atoms with E-state index in [0.29, 0.717) is 44.9 Å². The maximum absolute atomic E-state index is 12.1. The second-order valence-electron chi connectivity index (χ2n) is 23.4. The Morgan fingerprint density at radius 2 is 0.755 bits per heavy atom. The summed E-state index contributed by atoms with van der Waals surface area (Å²) < 4.78 is 4.68. The number of aryl methyl sites for hydroxylation is 6. The molecular formula is C76H66N10O12. The summed E-state index contributed by atoms with van der Waals surface area (Å²) in [5.74, 6) is -1.99. The molecular weight excluding hydrogens is 1240 g/mol. The molecule has 5 amide bonds. The van der Waals surface area contributed by atoms with E-state index in [1.165, 1.54) is 7.11 Å². The van der Waals surface area contributed by atoms with Crippen LogP contribution in [-0.4, -0.2) is 95.1 Å². The van der Waals surface area contributed by atoms with Crippen LogP contribution in [0.15, 0.2) is 146 Å². The van der Waals surface area contributed by atoms with Crippen LogP contribution >= 0.6 is 0 Å². The van der Waals surface area contributed by atoms with Gasteiger partial charge in [0.15, 0.2) is 6.29 Å². The quantitative estimate of drug-likeness (QED) is 0.0278. The van der Waals surface area contributed by atoms with Gasteiger partial charge >= 0.3 is 11.9 Å². The van der Waals surface area contributed by atoms with E-state index in [1.807, 2.05) is 156 Å². The first-order valence-electron chi connectivity index (χ1n) is 30.8. The lowest BCUT2D eigenvalue weighted by molar-refractivity contribution is -0.111. The van der Waals surface area contributed by atoms with Crippen LogP contribution in [0.3, 0.4) is 0 Å². The molecule has 13 N–H and O–H groups in total. The van der Waals surface area contributed by atoms with Gasteiger partial charge in [0.1, 0.15) is 17.1 Å². The molecule has 0 atom stereocenters. The van der Waals surface area contributed by atoms with Crippen LogP contribution in [0.5, 0.6) is 5.75 Å². The molecule has 10 aromatic rings. The summed E-state index contributed by atoms with van der Waals surface area (Å²) >= 11 is 0. The number of fused-ring (bicyclic) bond motifs is 5. The molecule has 492 valence electrons. The highest BCUT2D eigenvalue weighted by Gasteiger charge is 2.29. The van der Waals surface area contributed by atoms with Crippen molar-refractivity contribution in [1.82, 2.24) is 24.9 Å². The minimum Gasteiger partial charge on any atom is -0.508 e. The number of anilines is 5. The van der Waals surface area contributed by atoms with Gasteiger partial charge in [-0.25, -0.2) is 9.59 Å². The average molecular weight is 1310 g/mol. The van der Waals surface area contributed by atoms with E-state index in [2.05, 4.69) is 56.2 Å². The van der Waals surface area contributed by atoms with Gasteiger partial charge < -0.3 is 71.6 Å². The highest BCUT2D eigenvalue weighted by Crippen LogP contribution is 2.39. The number of benzene rings is 5. The number of hydrogen-bond acceptors (Lipinski definition) is 11. The van der Waals surface area contributed by atoms with Gasteiger partial charge in [0.25, 0.3) is 29.5 Å². The number of aromatic hydroxyl groups is 1. The number of nitrogens with one attached hydrogen (secondary N) is 10. The SMILES string of the molecule is COC(=O)c1cc(C)c(/C=C2\C(=O)Nc3ccccc32)[nH]1.Cc1cc(C(=O)O)[nH]c1/C=C1\C(=O)Nc2ccccc21.Cc1cc(C)c(/C=C2\C(=O)Nc3ccc(O)cc32)[nH]1.Cc1cc(C=O)[nH]c1/C=C1\C(=O)Nc2ccccc21.Cc1cc(CO)[nH]c1/C=C1\C(=O)Nc2ccccc21. The van der Waals surface area contributed by atoms with Gasteiger partial charge in [0, 0.05) is 96.1 Å². The highest BCUT2D eigenvalue weighted by atomic mass is 16.5. The molecule has 15 rings (SSSR count). The number of aromatic amines is 5. The van der Waals surface area contributed by atoms with Crippen molar-refractivity contribution < 1.29 is 58.4 Å². The largest absolute Gasteiger partial charge is 0.508 e. The molecule has 0 aliphatic carbocycles. The molecule has 5 aliphatic rings. The number of carbonyl (C=O) groups excluding carboxylic acids is 7. The van der Waals surface area contributed by atoms with Gasteiger partial charge in [0.2, 0.25) is 0 Å². The molecule has 0 fully saturated rings. The second kappa shape index (κ2) is 28.2. The van der Waals surface area contributed by atoms with Crippen LogP contribution in [0.25, 0.3) is 58.2 Å². The first-order valence-corrected chi connectivity index (χ1v) is 30.8. The number of H-pyrrole nitrogens is 5. The number of carboxylic acids is 1. The van der Waals surface area contributed by atoms with E-state index in [4.69, 9.17) is 10.2 Å². The number of para-hydroxylation sites is 4. The molecule has 5 aromatic carbocycles. The Labute approximate surface area is 561 Å². The molecule has 98 heavy (non-hydrogen) atoms.